The van der Waals surface area contributed by atoms with Gasteiger partial charge in [0.15, 0.2) is 0 Å². The topological polar surface area (TPSA) is 0 Å². The van der Waals surface area contributed by atoms with Crippen molar-refractivity contribution in [1.29, 1.82) is 0 Å². The van der Waals surface area contributed by atoms with E-state index in [1.165, 1.54) is 90.0 Å². The van der Waals surface area contributed by atoms with Gasteiger partial charge in [-0.3, -0.25) is 0 Å². The fourth-order valence-corrected chi connectivity index (χ4v) is 2.87. The first-order valence-corrected chi connectivity index (χ1v) is 10.1. The number of halogens is 2. The van der Waals surface area contributed by atoms with E-state index in [9.17, 15) is 0 Å². The highest BCUT2D eigenvalue weighted by Gasteiger charge is 2.10. The highest BCUT2D eigenvalue weighted by Crippen LogP contribution is 2.13. The van der Waals surface area contributed by atoms with Gasteiger partial charge in [0.05, 0.1) is 20.6 Å². The van der Waals surface area contributed by atoms with Gasteiger partial charge in [0.1, 0.15) is 5.45 Å². The molecule has 0 aromatic carbocycles. The van der Waals surface area contributed by atoms with Gasteiger partial charge in [-0.15, -0.1) is 0 Å². The number of rotatable bonds is 15. The average molecular weight is 429 g/mol. The van der Waals surface area contributed by atoms with E-state index in [-0.39, 0.29) is 17.0 Å². The molecule has 0 unspecified atom stereocenters. The van der Waals surface area contributed by atoms with Crippen LogP contribution in [-0.4, -0.2) is 30.6 Å². The van der Waals surface area contributed by atoms with E-state index in [2.05, 4.69) is 36.9 Å². The van der Waals surface area contributed by atoms with Crippen LogP contribution in [0.2, 0.25) is 0 Å². The van der Waals surface area contributed by atoms with Gasteiger partial charge in [-0.05, 0) is 28.8 Å². The van der Waals surface area contributed by atoms with Crippen molar-refractivity contribution in [3.05, 3.63) is 0 Å². The molecule has 0 aliphatic heterocycles. The van der Waals surface area contributed by atoms with Crippen molar-refractivity contribution in [1.82, 2.24) is 0 Å². The zero-order valence-corrected chi connectivity index (χ0v) is 18.0. The van der Waals surface area contributed by atoms with Crippen molar-refractivity contribution in [2.45, 2.75) is 90.4 Å². The zero-order valence-electron chi connectivity index (χ0n) is 14.8. The summed E-state index contributed by atoms with van der Waals surface area (Å²) in [4.78, 5) is 0. The van der Waals surface area contributed by atoms with Crippen LogP contribution in [0.1, 0.15) is 90.4 Å². The van der Waals surface area contributed by atoms with Crippen LogP contribution < -0.4 is 17.0 Å². The van der Waals surface area contributed by atoms with Crippen LogP contribution in [0.25, 0.3) is 0 Å². The largest absolute Gasteiger partial charge is 1.00 e. The van der Waals surface area contributed by atoms with Gasteiger partial charge in [0, 0.05) is 0 Å². The summed E-state index contributed by atoms with van der Waals surface area (Å²) in [5, 5.41) is 0. The highest BCUT2D eigenvalue weighted by atomic mass is 79.9. The Balaban J connectivity index is 0. The first-order valence-electron chi connectivity index (χ1n) is 9.00. The molecule has 0 aliphatic carbocycles. The molecule has 0 fully saturated rings. The number of hydrogen-bond acceptors (Lipinski definition) is 0. The van der Waals surface area contributed by atoms with E-state index in [1.54, 1.807) is 0 Å². The minimum Gasteiger partial charge on any atom is -1.00 e. The van der Waals surface area contributed by atoms with Crippen molar-refractivity contribution < 1.29 is 21.5 Å². The van der Waals surface area contributed by atoms with Gasteiger partial charge >= 0.3 is 0 Å². The molecule has 0 spiro atoms. The van der Waals surface area contributed by atoms with E-state index < -0.39 is 0 Å². The van der Waals surface area contributed by atoms with Gasteiger partial charge in [-0.2, -0.15) is 0 Å². The molecule has 21 heavy (non-hydrogen) atoms. The molecule has 1 nitrogen and oxygen atoms in total. The summed E-state index contributed by atoms with van der Waals surface area (Å²) in [5.41, 5.74) is 1.07. The SMILES string of the molecule is CCCCCCCCCCCCCCC[N+](C)(C)CBr.[Br-]. The molecule has 0 atom stereocenters. The smallest absolute Gasteiger partial charge is 0.133 e. The summed E-state index contributed by atoms with van der Waals surface area (Å²) in [6, 6.07) is 0. The number of alkyl halides is 1. The molecular weight excluding hydrogens is 390 g/mol. The Bertz CT molecular complexity index is 196. The lowest BCUT2D eigenvalue weighted by atomic mass is 10.0. The first-order chi connectivity index (χ1) is 9.62. The van der Waals surface area contributed by atoms with Gasteiger partial charge in [0.2, 0.25) is 0 Å². The van der Waals surface area contributed by atoms with Crippen LogP contribution in [0.5, 0.6) is 0 Å². The summed E-state index contributed by atoms with van der Waals surface area (Å²) >= 11 is 3.58. The quantitative estimate of drug-likeness (QED) is 0.162. The number of unbranched alkanes of at least 4 members (excludes halogenated alkanes) is 12. The van der Waals surface area contributed by atoms with E-state index in [4.69, 9.17) is 0 Å². The predicted octanol–water partition coefficient (Wildman–Crippen LogP) is 3.51. The molecule has 0 saturated heterocycles. The molecule has 0 aliphatic rings. The molecule has 0 heterocycles. The summed E-state index contributed by atoms with van der Waals surface area (Å²) in [6.45, 7) is 3.60. The maximum atomic E-state index is 3.58. The Hall–Kier alpha value is 0.920. The second-order valence-electron chi connectivity index (χ2n) is 7.02. The second kappa shape index (κ2) is 17.3. The Labute approximate surface area is 153 Å². The van der Waals surface area contributed by atoms with Crippen molar-refractivity contribution in [3.63, 3.8) is 0 Å². The van der Waals surface area contributed by atoms with E-state index >= 15 is 0 Å². The monoisotopic (exact) mass is 427 g/mol. The maximum absolute atomic E-state index is 3.58. The van der Waals surface area contributed by atoms with Gasteiger partial charge in [-0.1, -0.05) is 77.6 Å². The molecule has 0 amide bonds. The summed E-state index contributed by atoms with van der Waals surface area (Å²) < 4.78 is 1.11. The first kappa shape index (κ1) is 24.2. The molecular formula is C18H39Br2N. The molecule has 0 radical (unpaired) electrons. The third-order valence-electron chi connectivity index (χ3n) is 4.19. The fourth-order valence-electron chi connectivity index (χ4n) is 2.62. The van der Waals surface area contributed by atoms with Crippen molar-refractivity contribution in [3.8, 4) is 0 Å². The molecule has 0 aromatic heterocycles. The second-order valence-corrected chi connectivity index (χ2v) is 7.52. The van der Waals surface area contributed by atoms with Crippen LogP contribution in [0, 0.1) is 0 Å². The molecule has 0 rings (SSSR count). The fraction of sp³-hybridized carbons (Fsp3) is 1.00. The van der Waals surface area contributed by atoms with Gasteiger partial charge < -0.3 is 21.5 Å². The molecule has 0 N–H and O–H groups in total. The standard InChI is InChI=1S/C18H39BrN.BrH/c1-4-5-6-7-8-9-10-11-12-13-14-15-16-17-20(2,3)18-19;/h4-18H2,1-3H3;1H/q+1;/p-1. The van der Waals surface area contributed by atoms with Gasteiger partial charge in [-0.25, -0.2) is 0 Å². The molecule has 3 heteroatoms. The molecule has 130 valence electrons. The average Bonchev–Trinajstić information content (AvgIpc) is 2.44. The summed E-state index contributed by atoms with van der Waals surface area (Å²) in [5.74, 6) is 0. The van der Waals surface area contributed by atoms with Crippen LogP contribution in [0.4, 0.5) is 0 Å². The predicted molar refractivity (Wildman–Crippen MR) is 96.5 cm³/mol. The molecule has 0 bridgehead atoms. The number of quaternary nitrogens is 1. The van der Waals surface area contributed by atoms with Crippen molar-refractivity contribution in [2.24, 2.45) is 0 Å². The van der Waals surface area contributed by atoms with E-state index in [1.807, 2.05) is 0 Å². The minimum atomic E-state index is 0. The van der Waals surface area contributed by atoms with E-state index in [0.29, 0.717) is 0 Å². The Morgan fingerprint density at radius 2 is 0.952 bits per heavy atom. The van der Waals surface area contributed by atoms with E-state index in [0.717, 1.165) is 9.94 Å². The van der Waals surface area contributed by atoms with Crippen molar-refractivity contribution >= 4 is 15.9 Å². The van der Waals surface area contributed by atoms with Crippen molar-refractivity contribution in [2.75, 3.05) is 26.1 Å². The minimum absolute atomic E-state index is 0. The van der Waals surface area contributed by atoms with Crippen LogP contribution in [-0.2, 0) is 0 Å². The van der Waals surface area contributed by atoms with Gasteiger partial charge in [0.25, 0.3) is 0 Å². The molecule has 0 saturated carbocycles. The summed E-state index contributed by atoms with van der Waals surface area (Å²) in [6.07, 6.45) is 18.8. The van der Waals surface area contributed by atoms with Crippen LogP contribution in [0.15, 0.2) is 0 Å². The van der Waals surface area contributed by atoms with Crippen LogP contribution >= 0.6 is 15.9 Å². The normalized spacial score (nSPS) is 11.4. The Kier molecular flexibility index (Phi) is 19.9. The maximum Gasteiger partial charge on any atom is 0.133 e. The third kappa shape index (κ3) is 18.9. The summed E-state index contributed by atoms with van der Waals surface area (Å²) in [7, 11) is 4.60. The van der Waals surface area contributed by atoms with Crippen LogP contribution in [0.3, 0.4) is 0 Å². The molecule has 0 aromatic rings. The highest BCUT2D eigenvalue weighted by molar-refractivity contribution is 9.09. The lowest BCUT2D eigenvalue weighted by Crippen LogP contribution is -3.00. The number of hydrogen-bond donors (Lipinski definition) is 0. The number of nitrogens with zero attached hydrogens (tertiary/aromatic N) is 1. The Morgan fingerprint density at radius 3 is 1.29 bits per heavy atom. The Morgan fingerprint density at radius 1 is 0.619 bits per heavy atom. The third-order valence-corrected chi connectivity index (χ3v) is 5.55. The lowest BCUT2D eigenvalue weighted by molar-refractivity contribution is -0.876. The zero-order chi connectivity index (χ0) is 15.1. The lowest BCUT2D eigenvalue weighted by Gasteiger charge is -2.26.